The molecule has 0 saturated carbocycles. The van der Waals surface area contributed by atoms with Crippen LogP contribution >= 0.6 is 11.5 Å². The Balaban J connectivity index is 1.83. The molecule has 0 aliphatic heterocycles. The van der Waals surface area contributed by atoms with Crippen molar-refractivity contribution in [3.05, 3.63) is 69.7 Å². The Morgan fingerprint density at radius 3 is 2.63 bits per heavy atom. The SMILES string of the molecule is CCc1ccccc1NC(=O)c1c(C)nsc1Cc1cnc(C(N)=O)cn1. The van der Waals surface area contributed by atoms with Gasteiger partial charge in [-0.1, -0.05) is 25.1 Å². The average Bonchev–Trinajstić information content (AvgIpc) is 3.02. The second kappa shape index (κ2) is 8.05. The van der Waals surface area contributed by atoms with Crippen molar-refractivity contribution in [2.75, 3.05) is 5.32 Å². The highest BCUT2D eigenvalue weighted by Gasteiger charge is 2.20. The van der Waals surface area contributed by atoms with E-state index in [1.165, 1.54) is 23.9 Å². The Morgan fingerprint density at radius 1 is 1.19 bits per heavy atom. The first-order chi connectivity index (χ1) is 13.0. The van der Waals surface area contributed by atoms with Crippen LogP contribution in [0.5, 0.6) is 0 Å². The molecule has 1 aromatic carbocycles. The minimum Gasteiger partial charge on any atom is -0.364 e. The summed E-state index contributed by atoms with van der Waals surface area (Å²) >= 11 is 1.26. The average molecular weight is 381 g/mol. The molecule has 0 atom stereocenters. The summed E-state index contributed by atoms with van der Waals surface area (Å²) in [6, 6.07) is 7.72. The van der Waals surface area contributed by atoms with E-state index in [4.69, 9.17) is 5.73 Å². The van der Waals surface area contributed by atoms with Crippen molar-refractivity contribution in [2.24, 2.45) is 5.73 Å². The lowest BCUT2D eigenvalue weighted by molar-refractivity contribution is 0.0993. The summed E-state index contributed by atoms with van der Waals surface area (Å²) in [4.78, 5) is 33.0. The van der Waals surface area contributed by atoms with Gasteiger partial charge in [0.2, 0.25) is 0 Å². The van der Waals surface area contributed by atoms with Crippen LogP contribution in [0.15, 0.2) is 36.7 Å². The van der Waals surface area contributed by atoms with Gasteiger partial charge in [0.05, 0.1) is 23.1 Å². The standard InChI is InChI=1S/C19H19N5O2S/c1-3-12-6-4-5-7-14(12)23-19(26)17-11(2)24-27-16(17)8-13-9-22-15(10-21-13)18(20)25/h4-7,9-10H,3,8H2,1-2H3,(H2,20,25)(H,23,26). The number of amides is 2. The summed E-state index contributed by atoms with van der Waals surface area (Å²) in [6.07, 6.45) is 4.05. The van der Waals surface area contributed by atoms with Crippen LogP contribution in [0.25, 0.3) is 0 Å². The van der Waals surface area contributed by atoms with Crippen LogP contribution in [0, 0.1) is 6.92 Å². The quantitative estimate of drug-likeness (QED) is 0.682. The third-order valence-corrected chi connectivity index (χ3v) is 5.04. The number of nitrogens with two attached hydrogens (primary N) is 1. The summed E-state index contributed by atoms with van der Waals surface area (Å²) in [6.45, 7) is 3.85. The lowest BCUT2D eigenvalue weighted by atomic mass is 10.1. The van der Waals surface area contributed by atoms with Gasteiger partial charge in [0.1, 0.15) is 5.69 Å². The number of rotatable bonds is 6. The normalized spacial score (nSPS) is 10.6. The number of carbonyl (C=O) groups is 2. The molecule has 0 spiro atoms. The number of para-hydroxylation sites is 1. The maximum Gasteiger partial charge on any atom is 0.268 e. The Bertz CT molecular complexity index is 982. The number of anilines is 1. The monoisotopic (exact) mass is 381 g/mol. The molecular formula is C19H19N5O2S. The van der Waals surface area contributed by atoms with Crippen molar-refractivity contribution in [3.8, 4) is 0 Å². The molecule has 0 saturated heterocycles. The maximum absolute atomic E-state index is 12.9. The predicted molar refractivity (Wildman–Crippen MR) is 104 cm³/mol. The molecule has 7 nitrogen and oxygen atoms in total. The molecule has 0 aliphatic carbocycles. The summed E-state index contributed by atoms with van der Waals surface area (Å²) < 4.78 is 4.32. The van der Waals surface area contributed by atoms with Crippen LogP contribution in [0.4, 0.5) is 5.69 Å². The molecule has 0 radical (unpaired) electrons. The Labute approximate surface area is 160 Å². The van der Waals surface area contributed by atoms with Crippen molar-refractivity contribution >= 4 is 29.0 Å². The second-order valence-corrected chi connectivity index (χ2v) is 6.82. The van der Waals surface area contributed by atoms with E-state index in [9.17, 15) is 9.59 Å². The molecule has 2 heterocycles. The van der Waals surface area contributed by atoms with Crippen LogP contribution in [0.1, 0.15) is 49.6 Å². The van der Waals surface area contributed by atoms with Gasteiger partial charge in [0.15, 0.2) is 0 Å². The summed E-state index contributed by atoms with van der Waals surface area (Å²) in [5, 5.41) is 2.99. The first-order valence-electron chi connectivity index (χ1n) is 8.44. The smallest absolute Gasteiger partial charge is 0.268 e. The van der Waals surface area contributed by atoms with Crippen molar-refractivity contribution in [1.82, 2.24) is 14.3 Å². The predicted octanol–water partition coefficient (Wildman–Crippen LogP) is 2.75. The summed E-state index contributed by atoms with van der Waals surface area (Å²) in [5.74, 6) is -0.823. The van der Waals surface area contributed by atoms with E-state index >= 15 is 0 Å². The second-order valence-electron chi connectivity index (χ2n) is 5.96. The number of aryl methyl sites for hydroxylation is 2. The summed E-state index contributed by atoms with van der Waals surface area (Å²) in [7, 11) is 0. The molecule has 0 unspecified atom stereocenters. The molecule has 2 aromatic heterocycles. The highest BCUT2D eigenvalue weighted by molar-refractivity contribution is 7.06. The van der Waals surface area contributed by atoms with Gasteiger partial charge < -0.3 is 11.1 Å². The minimum absolute atomic E-state index is 0.105. The van der Waals surface area contributed by atoms with Crippen molar-refractivity contribution < 1.29 is 9.59 Å². The number of primary amides is 1. The van der Waals surface area contributed by atoms with Gasteiger partial charge in [0.25, 0.3) is 11.8 Å². The first kappa shape index (κ1) is 18.7. The van der Waals surface area contributed by atoms with E-state index in [2.05, 4.69) is 19.7 Å². The first-order valence-corrected chi connectivity index (χ1v) is 9.22. The topological polar surface area (TPSA) is 111 Å². The highest BCUT2D eigenvalue weighted by Crippen LogP contribution is 2.24. The fourth-order valence-electron chi connectivity index (χ4n) is 2.70. The van der Waals surface area contributed by atoms with Gasteiger partial charge in [-0.2, -0.15) is 4.37 Å². The van der Waals surface area contributed by atoms with E-state index in [0.29, 0.717) is 23.4 Å². The molecule has 27 heavy (non-hydrogen) atoms. The highest BCUT2D eigenvalue weighted by atomic mass is 32.1. The molecule has 3 rings (SSSR count). The number of hydrogen-bond acceptors (Lipinski definition) is 6. The number of aromatic nitrogens is 3. The number of carbonyl (C=O) groups excluding carboxylic acids is 2. The third-order valence-electron chi connectivity index (χ3n) is 4.11. The molecule has 138 valence electrons. The van der Waals surface area contributed by atoms with Crippen LogP contribution in [-0.4, -0.2) is 26.2 Å². The lowest BCUT2D eigenvalue weighted by Crippen LogP contribution is -2.16. The molecular weight excluding hydrogens is 362 g/mol. The van der Waals surface area contributed by atoms with E-state index < -0.39 is 5.91 Å². The van der Waals surface area contributed by atoms with Gasteiger partial charge >= 0.3 is 0 Å². The van der Waals surface area contributed by atoms with Crippen molar-refractivity contribution in [3.63, 3.8) is 0 Å². The maximum atomic E-state index is 12.9. The molecule has 0 fully saturated rings. The van der Waals surface area contributed by atoms with Gasteiger partial charge in [-0.3, -0.25) is 14.6 Å². The lowest BCUT2D eigenvalue weighted by Gasteiger charge is -2.10. The Kier molecular flexibility index (Phi) is 5.56. The number of hydrogen-bond donors (Lipinski definition) is 2. The van der Waals surface area contributed by atoms with Gasteiger partial charge in [0, 0.05) is 23.2 Å². The zero-order valence-corrected chi connectivity index (χ0v) is 15.8. The van der Waals surface area contributed by atoms with Crippen molar-refractivity contribution in [1.29, 1.82) is 0 Å². The molecule has 0 bridgehead atoms. The molecule has 0 aliphatic rings. The Morgan fingerprint density at radius 2 is 1.96 bits per heavy atom. The fourth-order valence-corrected chi connectivity index (χ4v) is 3.58. The van der Waals surface area contributed by atoms with Gasteiger partial charge in [-0.25, -0.2) is 4.98 Å². The largest absolute Gasteiger partial charge is 0.364 e. The van der Waals surface area contributed by atoms with Crippen LogP contribution in [0.2, 0.25) is 0 Å². The van der Waals surface area contributed by atoms with E-state index in [1.54, 1.807) is 0 Å². The molecule has 3 aromatic rings. The zero-order chi connectivity index (χ0) is 19.4. The number of benzene rings is 1. The molecule has 8 heteroatoms. The van der Waals surface area contributed by atoms with Crippen LogP contribution in [-0.2, 0) is 12.8 Å². The van der Waals surface area contributed by atoms with E-state index in [1.807, 2.05) is 38.1 Å². The minimum atomic E-state index is -0.627. The van der Waals surface area contributed by atoms with Crippen molar-refractivity contribution in [2.45, 2.75) is 26.7 Å². The Hall–Kier alpha value is -3.13. The summed E-state index contributed by atoms with van der Waals surface area (Å²) in [5.41, 5.74) is 9.00. The number of nitrogens with one attached hydrogen (secondary N) is 1. The molecule has 3 N–H and O–H groups in total. The third kappa shape index (κ3) is 4.17. The van der Waals surface area contributed by atoms with Crippen LogP contribution < -0.4 is 11.1 Å². The fraction of sp³-hybridized carbons (Fsp3) is 0.211. The zero-order valence-electron chi connectivity index (χ0n) is 15.0. The van der Waals surface area contributed by atoms with Gasteiger partial charge in [-0.15, -0.1) is 0 Å². The van der Waals surface area contributed by atoms with Crippen LogP contribution in [0.3, 0.4) is 0 Å². The number of nitrogens with zero attached hydrogens (tertiary/aromatic N) is 3. The molecule has 2 amide bonds. The van der Waals surface area contributed by atoms with E-state index in [0.717, 1.165) is 22.5 Å². The van der Waals surface area contributed by atoms with Gasteiger partial charge in [-0.05, 0) is 36.5 Å². The van der Waals surface area contributed by atoms with E-state index in [-0.39, 0.29) is 11.6 Å².